The Morgan fingerprint density at radius 1 is 1.20 bits per heavy atom. The number of carbonyl (C=O) groups excluding carboxylic acids is 1. The zero-order valence-corrected chi connectivity index (χ0v) is 11.3. The monoisotopic (exact) mass is 268 g/mol. The van der Waals surface area contributed by atoms with Gasteiger partial charge in [0.25, 0.3) is 0 Å². The fraction of sp³-hybridized carbons (Fsp3) is 0.235. The van der Waals surface area contributed by atoms with E-state index in [1.165, 1.54) is 0 Å². The second kappa shape index (κ2) is 5.37. The first-order valence-corrected chi connectivity index (χ1v) is 6.79. The van der Waals surface area contributed by atoms with Gasteiger partial charge in [-0.2, -0.15) is 0 Å². The average molecular weight is 268 g/mol. The van der Waals surface area contributed by atoms with E-state index >= 15 is 0 Å². The van der Waals surface area contributed by atoms with Crippen LogP contribution in [0.25, 0.3) is 0 Å². The number of hydrogen-bond donors (Lipinski definition) is 0. The second-order valence-electron chi connectivity index (χ2n) is 4.69. The van der Waals surface area contributed by atoms with Crippen LogP contribution in [0.1, 0.15) is 28.8 Å². The van der Waals surface area contributed by atoms with Gasteiger partial charge >= 0.3 is 0 Å². The minimum atomic E-state index is -0.243. The lowest BCUT2D eigenvalue weighted by atomic mass is 9.92. The number of para-hydroxylation sites is 2. The van der Waals surface area contributed by atoms with Gasteiger partial charge in [0.2, 0.25) is 0 Å². The molecule has 2 aromatic rings. The SMILES string of the molecule is CCOc1ccccc1C(=O)C1COc2ccccc21. The summed E-state index contributed by atoms with van der Waals surface area (Å²) in [4.78, 5) is 12.7. The smallest absolute Gasteiger partial charge is 0.177 e. The predicted octanol–water partition coefficient (Wildman–Crippen LogP) is 3.44. The highest BCUT2D eigenvalue weighted by Crippen LogP contribution is 2.36. The molecule has 3 nitrogen and oxygen atoms in total. The number of ketones is 1. The van der Waals surface area contributed by atoms with Gasteiger partial charge in [0.1, 0.15) is 18.1 Å². The van der Waals surface area contributed by atoms with Crippen LogP contribution >= 0.6 is 0 Å². The molecule has 0 amide bonds. The first kappa shape index (κ1) is 12.7. The van der Waals surface area contributed by atoms with Crippen LogP contribution in [0, 0.1) is 0 Å². The summed E-state index contributed by atoms with van der Waals surface area (Å²) in [5.41, 5.74) is 1.59. The number of hydrogen-bond acceptors (Lipinski definition) is 3. The Hall–Kier alpha value is -2.29. The molecule has 0 N–H and O–H groups in total. The Balaban J connectivity index is 1.95. The maximum absolute atomic E-state index is 12.7. The molecule has 0 fully saturated rings. The number of fused-ring (bicyclic) bond motifs is 1. The Morgan fingerprint density at radius 2 is 1.95 bits per heavy atom. The maximum atomic E-state index is 12.7. The van der Waals surface area contributed by atoms with E-state index in [-0.39, 0.29) is 11.7 Å². The summed E-state index contributed by atoms with van der Waals surface area (Å²) in [6, 6.07) is 15.1. The summed E-state index contributed by atoms with van der Waals surface area (Å²) >= 11 is 0. The highest BCUT2D eigenvalue weighted by Gasteiger charge is 2.31. The molecule has 0 bridgehead atoms. The second-order valence-corrected chi connectivity index (χ2v) is 4.69. The molecule has 0 aliphatic carbocycles. The summed E-state index contributed by atoms with van der Waals surface area (Å²) in [7, 11) is 0. The summed E-state index contributed by atoms with van der Waals surface area (Å²) in [5.74, 6) is 1.26. The number of rotatable bonds is 4. The topological polar surface area (TPSA) is 35.5 Å². The summed E-state index contributed by atoms with van der Waals surface area (Å²) in [5, 5.41) is 0. The molecular weight excluding hydrogens is 252 g/mol. The van der Waals surface area contributed by atoms with E-state index in [1.807, 2.05) is 55.5 Å². The zero-order valence-electron chi connectivity index (χ0n) is 11.3. The van der Waals surface area contributed by atoms with Crippen molar-refractivity contribution in [3.63, 3.8) is 0 Å². The van der Waals surface area contributed by atoms with Crippen molar-refractivity contribution in [2.45, 2.75) is 12.8 Å². The van der Waals surface area contributed by atoms with Crippen molar-refractivity contribution in [2.75, 3.05) is 13.2 Å². The molecule has 0 radical (unpaired) electrons. The highest BCUT2D eigenvalue weighted by atomic mass is 16.5. The van der Waals surface area contributed by atoms with E-state index in [0.29, 0.717) is 24.5 Å². The van der Waals surface area contributed by atoms with Crippen LogP contribution in [-0.2, 0) is 0 Å². The van der Waals surface area contributed by atoms with Gasteiger partial charge < -0.3 is 9.47 Å². The van der Waals surface area contributed by atoms with Gasteiger partial charge in [-0.15, -0.1) is 0 Å². The fourth-order valence-corrected chi connectivity index (χ4v) is 2.52. The standard InChI is InChI=1S/C17H16O3/c1-2-19-16-10-6-4-8-13(16)17(18)14-11-20-15-9-5-3-7-12(14)15/h3-10,14H,2,11H2,1H3. The minimum absolute atomic E-state index is 0.0546. The lowest BCUT2D eigenvalue weighted by Crippen LogP contribution is -2.15. The quantitative estimate of drug-likeness (QED) is 0.797. The van der Waals surface area contributed by atoms with Gasteiger partial charge in [0, 0.05) is 5.56 Å². The summed E-state index contributed by atoms with van der Waals surface area (Å²) in [6.45, 7) is 2.86. The average Bonchev–Trinajstić information content (AvgIpc) is 2.91. The molecule has 1 atom stereocenters. The molecule has 1 unspecified atom stereocenters. The van der Waals surface area contributed by atoms with Crippen molar-refractivity contribution >= 4 is 5.78 Å². The van der Waals surface area contributed by atoms with Crippen molar-refractivity contribution in [2.24, 2.45) is 0 Å². The Kier molecular flexibility index (Phi) is 3.42. The van der Waals surface area contributed by atoms with E-state index in [9.17, 15) is 4.79 Å². The molecule has 1 heterocycles. The van der Waals surface area contributed by atoms with E-state index in [1.54, 1.807) is 0 Å². The molecule has 1 aliphatic rings. The Labute approximate surface area is 118 Å². The van der Waals surface area contributed by atoms with Gasteiger partial charge in [-0.3, -0.25) is 4.79 Å². The zero-order chi connectivity index (χ0) is 13.9. The number of benzene rings is 2. The Morgan fingerprint density at radius 3 is 2.80 bits per heavy atom. The van der Waals surface area contributed by atoms with Crippen molar-refractivity contribution in [1.82, 2.24) is 0 Å². The molecule has 0 aromatic heterocycles. The molecule has 0 spiro atoms. The van der Waals surface area contributed by atoms with E-state index in [0.717, 1.165) is 11.3 Å². The van der Waals surface area contributed by atoms with Crippen molar-refractivity contribution < 1.29 is 14.3 Å². The van der Waals surface area contributed by atoms with Crippen LogP contribution in [0.15, 0.2) is 48.5 Å². The van der Waals surface area contributed by atoms with Gasteiger partial charge in [-0.25, -0.2) is 0 Å². The van der Waals surface area contributed by atoms with Gasteiger partial charge in [0.05, 0.1) is 18.1 Å². The van der Waals surface area contributed by atoms with Crippen LogP contribution in [0.3, 0.4) is 0 Å². The van der Waals surface area contributed by atoms with Gasteiger partial charge in [-0.1, -0.05) is 30.3 Å². The van der Waals surface area contributed by atoms with Crippen LogP contribution in [-0.4, -0.2) is 19.0 Å². The normalized spacial score (nSPS) is 16.4. The van der Waals surface area contributed by atoms with E-state index in [4.69, 9.17) is 9.47 Å². The number of Topliss-reactive ketones (excluding diaryl/α,β-unsaturated/α-hetero) is 1. The van der Waals surface area contributed by atoms with Gasteiger partial charge in [0.15, 0.2) is 5.78 Å². The summed E-state index contributed by atoms with van der Waals surface area (Å²) < 4.78 is 11.1. The van der Waals surface area contributed by atoms with E-state index < -0.39 is 0 Å². The van der Waals surface area contributed by atoms with Gasteiger partial charge in [-0.05, 0) is 25.1 Å². The van der Waals surface area contributed by atoms with Crippen molar-refractivity contribution in [3.8, 4) is 11.5 Å². The molecule has 3 rings (SSSR count). The third-order valence-electron chi connectivity index (χ3n) is 3.47. The summed E-state index contributed by atoms with van der Waals surface area (Å²) in [6.07, 6.45) is 0. The molecule has 0 saturated carbocycles. The molecule has 2 aromatic carbocycles. The third-order valence-corrected chi connectivity index (χ3v) is 3.47. The largest absolute Gasteiger partial charge is 0.493 e. The first-order chi connectivity index (χ1) is 9.81. The minimum Gasteiger partial charge on any atom is -0.493 e. The molecule has 102 valence electrons. The van der Waals surface area contributed by atoms with Crippen molar-refractivity contribution in [3.05, 3.63) is 59.7 Å². The maximum Gasteiger partial charge on any atom is 0.177 e. The fourth-order valence-electron chi connectivity index (χ4n) is 2.52. The van der Waals surface area contributed by atoms with Crippen LogP contribution < -0.4 is 9.47 Å². The third kappa shape index (κ3) is 2.16. The Bertz CT molecular complexity index is 634. The van der Waals surface area contributed by atoms with Crippen LogP contribution in [0.4, 0.5) is 0 Å². The van der Waals surface area contributed by atoms with Crippen LogP contribution in [0.2, 0.25) is 0 Å². The molecule has 3 heteroatoms. The molecule has 20 heavy (non-hydrogen) atoms. The molecule has 1 aliphatic heterocycles. The van der Waals surface area contributed by atoms with E-state index in [2.05, 4.69) is 0 Å². The number of carbonyl (C=O) groups is 1. The highest BCUT2D eigenvalue weighted by molar-refractivity contribution is 6.04. The van der Waals surface area contributed by atoms with Crippen LogP contribution in [0.5, 0.6) is 11.5 Å². The lowest BCUT2D eigenvalue weighted by molar-refractivity contribution is 0.0943. The predicted molar refractivity (Wildman–Crippen MR) is 76.6 cm³/mol. The lowest BCUT2D eigenvalue weighted by Gasteiger charge is -2.12. The molecular formula is C17H16O3. The number of ether oxygens (including phenoxy) is 2. The first-order valence-electron chi connectivity index (χ1n) is 6.79. The van der Waals surface area contributed by atoms with Crippen molar-refractivity contribution in [1.29, 1.82) is 0 Å². The molecule has 0 saturated heterocycles.